The van der Waals surface area contributed by atoms with Crippen molar-refractivity contribution in [1.82, 2.24) is 0 Å². The SMILES string of the molecule is O=[N+]([O-])c1cc(F)cc(Nc2cccc(F)c2)c1. The van der Waals surface area contributed by atoms with Crippen molar-refractivity contribution < 1.29 is 13.7 Å². The Balaban J connectivity index is 2.31. The molecule has 0 unspecified atom stereocenters. The average molecular weight is 250 g/mol. The predicted octanol–water partition coefficient (Wildman–Crippen LogP) is 3.62. The molecule has 0 fully saturated rings. The van der Waals surface area contributed by atoms with Crippen LogP contribution in [0.2, 0.25) is 0 Å². The molecule has 4 nitrogen and oxygen atoms in total. The maximum atomic E-state index is 13.2. The van der Waals surface area contributed by atoms with Crippen molar-refractivity contribution >= 4 is 17.1 Å². The van der Waals surface area contributed by atoms with Crippen LogP contribution < -0.4 is 5.32 Å². The van der Waals surface area contributed by atoms with Gasteiger partial charge in [0.15, 0.2) is 0 Å². The molecule has 0 heterocycles. The van der Waals surface area contributed by atoms with Crippen molar-refractivity contribution in [2.24, 2.45) is 0 Å². The molecule has 1 N–H and O–H groups in total. The maximum Gasteiger partial charge on any atom is 0.274 e. The first-order valence-corrected chi connectivity index (χ1v) is 5.02. The Morgan fingerprint density at radius 3 is 2.39 bits per heavy atom. The zero-order valence-corrected chi connectivity index (χ0v) is 9.06. The van der Waals surface area contributed by atoms with E-state index in [9.17, 15) is 18.9 Å². The summed E-state index contributed by atoms with van der Waals surface area (Å²) in [5, 5.41) is 13.3. The summed E-state index contributed by atoms with van der Waals surface area (Å²) in [6, 6.07) is 8.60. The van der Waals surface area contributed by atoms with Crippen LogP contribution in [0.4, 0.5) is 25.8 Å². The molecule has 0 aliphatic carbocycles. The Morgan fingerprint density at radius 2 is 1.72 bits per heavy atom. The van der Waals surface area contributed by atoms with E-state index in [1.807, 2.05) is 0 Å². The third-order valence-corrected chi connectivity index (χ3v) is 2.21. The molecule has 0 saturated carbocycles. The zero-order chi connectivity index (χ0) is 13.1. The van der Waals surface area contributed by atoms with Crippen molar-refractivity contribution in [3.63, 3.8) is 0 Å². The van der Waals surface area contributed by atoms with Crippen molar-refractivity contribution in [3.8, 4) is 0 Å². The molecular weight excluding hydrogens is 242 g/mol. The van der Waals surface area contributed by atoms with E-state index < -0.39 is 16.6 Å². The van der Waals surface area contributed by atoms with E-state index in [1.54, 1.807) is 6.07 Å². The van der Waals surface area contributed by atoms with Crippen molar-refractivity contribution in [3.05, 3.63) is 64.2 Å². The normalized spacial score (nSPS) is 10.1. The van der Waals surface area contributed by atoms with Crippen LogP contribution >= 0.6 is 0 Å². The summed E-state index contributed by atoms with van der Waals surface area (Å²) in [6.07, 6.45) is 0. The van der Waals surface area contributed by atoms with Gasteiger partial charge >= 0.3 is 0 Å². The third-order valence-electron chi connectivity index (χ3n) is 2.21. The predicted molar refractivity (Wildman–Crippen MR) is 62.7 cm³/mol. The van der Waals surface area contributed by atoms with Gasteiger partial charge in [0.05, 0.1) is 11.0 Å². The fourth-order valence-corrected chi connectivity index (χ4v) is 1.48. The summed E-state index contributed by atoms with van der Waals surface area (Å²) in [5.41, 5.74) is 0.205. The van der Waals surface area contributed by atoms with Crippen LogP contribution in [-0.2, 0) is 0 Å². The van der Waals surface area contributed by atoms with Gasteiger partial charge in [-0.05, 0) is 24.3 Å². The first-order chi connectivity index (χ1) is 8.54. The van der Waals surface area contributed by atoms with E-state index in [0.717, 1.165) is 12.1 Å². The standard InChI is InChI=1S/C12H8F2N2O2/c13-8-2-1-3-10(4-8)15-11-5-9(14)6-12(7-11)16(17)18/h1-7,15H. The van der Waals surface area contributed by atoms with Crippen molar-refractivity contribution in [2.75, 3.05) is 5.32 Å². The lowest BCUT2D eigenvalue weighted by molar-refractivity contribution is -0.385. The second kappa shape index (κ2) is 4.79. The van der Waals surface area contributed by atoms with Crippen LogP contribution in [0.5, 0.6) is 0 Å². The van der Waals surface area contributed by atoms with E-state index in [-0.39, 0.29) is 11.4 Å². The van der Waals surface area contributed by atoms with Gasteiger partial charge in [-0.2, -0.15) is 0 Å². The minimum atomic E-state index is -0.733. The second-order valence-electron chi connectivity index (χ2n) is 3.59. The molecule has 0 atom stereocenters. The number of non-ortho nitro benzene ring substituents is 1. The smallest absolute Gasteiger partial charge is 0.274 e. The molecule has 0 aliphatic heterocycles. The van der Waals surface area contributed by atoms with Gasteiger partial charge in [0.2, 0.25) is 0 Å². The van der Waals surface area contributed by atoms with E-state index >= 15 is 0 Å². The summed E-state index contributed by atoms with van der Waals surface area (Å²) >= 11 is 0. The van der Waals surface area contributed by atoms with Crippen LogP contribution in [-0.4, -0.2) is 4.92 Å². The monoisotopic (exact) mass is 250 g/mol. The molecule has 0 aliphatic rings. The number of anilines is 2. The topological polar surface area (TPSA) is 55.2 Å². The molecule has 18 heavy (non-hydrogen) atoms. The number of halogens is 2. The van der Waals surface area contributed by atoms with Crippen molar-refractivity contribution in [2.45, 2.75) is 0 Å². The molecule has 2 rings (SSSR count). The number of benzene rings is 2. The summed E-state index contributed by atoms with van der Waals surface area (Å²) in [7, 11) is 0. The van der Waals surface area contributed by atoms with Crippen LogP contribution in [0.1, 0.15) is 0 Å². The highest BCUT2D eigenvalue weighted by Crippen LogP contribution is 2.23. The number of nitrogens with one attached hydrogen (secondary N) is 1. The van der Waals surface area contributed by atoms with E-state index in [0.29, 0.717) is 5.69 Å². The molecule has 92 valence electrons. The summed E-state index contributed by atoms with van der Waals surface area (Å²) < 4.78 is 26.1. The molecule has 6 heteroatoms. The average Bonchev–Trinajstić information content (AvgIpc) is 2.28. The quantitative estimate of drug-likeness (QED) is 0.668. The number of hydrogen-bond donors (Lipinski definition) is 1. The third kappa shape index (κ3) is 2.79. The fourth-order valence-electron chi connectivity index (χ4n) is 1.48. The number of rotatable bonds is 3. The van der Waals surface area contributed by atoms with Gasteiger partial charge in [-0.1, -0.05) is 6.07 Å². The lowest BCUT2D eigenvalue weighted by Gasteiger charge is -2.06. The first-order valence-electron chi connectivity index (χ1n) is 5.02. The number of nitro benzene ring substituents is 1. The van der Waals surface area contributed by atoms with E-state index in [2.05, 4.69) is 5.32 Å². The highest BCUT2D eigenvalue weighted by Gasteiger charge is 2.09. The van der Waals surface area contributed by atoms with Crippen LogP contribution in [0.3, 0.4) is 0 Å². The first kappa shape index (κ1) is 12.0. The summed E-state index contributed by atoms with van der Waals surface area (Å²) in [4.78, 5) is 9.87. The van der Waals surface area contributed by atoms with E-state index in [4.69, 9.17) is 0 Å². The molecule has 0 bridgehead atoms. The number of nitro groups is 1. The number of nitrogens with zero attached hydrogens (tertiary/aromatic N) is 1. The van der Waals surface area contributed by atoms with Gasteiger partial charge in [-0.3, -0.25) is 10.1 Å². The molecule has 2 aromatic rings. The van der Waals surface area contributed by atoms with E-state index in [1.165, 1.54) is 24.3 Å². The Hall–Kier alpha value is -2.50. The van der Waals surface area contributed by atoms with Crippen LogP contribution in [0, 0.1) is 21.7 Å². The minimum Gasteiger partial charge on any atom is -0.355 e. The van der Waals surface area contributed by atoms with Crippen LogP contribution in [0.25, 0.3) is 0 Å². The fraction of sp³-hybridized carbons (Fsp3) is 0. The highest BCUT2D eigenvalue weighted by atomic mass is 19.1. The van der Waals surface area contributed by atoms with Gasteiger partial charge in [-0.25, -0.2) is 8.78 Å². The number of hydrogen-bond acceptors (Lipinski definition) is 3. The zero-order valence-electron chi connectivity index (χ0n) is 9.06. The minimum absolute atomic E-state index is 0.187. The van der Waals surface area contributed by atoms with Crippen molar-refractivity contribution in [1.29, 1.82) is 0 Å². The lowest BCUT2D eigenvalue weighted by atomic mass is 10.2. The molecule has 0 amide bonds. The largest absolute Gasteiger partial charge is 0.355 e. The Morgan fingerprint density at radius 1 is 1.00 bits per heavy atom. The molecule has 2 aromatic carbocycles. The maximum absolute atomic E-state index is 13.2. The summed E-state index contributed by atoms with van der Waals surface area (Å²) in [5.74, 6) is -1.19. The Bertz CT molecular complexity index is 602. The van der Waals surface area contributed by atoms with Gasteiger partial charge in [0.25, 0.3) is 5.69 Å². The molecule has 0 saturated heterocycles. The van der Waals surface area contributed by atoms with Gasteiger partial charge < -0.3 is 5.32 Å². The van der Waals surface area contributed by atoms with Gasteiger partial charge in [-0.15, -0.1) is 0 Å². The Labute approximate surface area is 101 Å². The second-order valence-corrected chi connectivity index (χ2v) is 3.59. The van der Waals surface area contributed by atoms with Gasteiger partial charge in [0, 0.05) is 17.4 Å². The van der Waals surface area contributed by atoms with Gasteiger partial charge in [0.1, 0.15) is 11.6 Å². The summed E-state index contributed by atoms with van der Waals surface area (Å²) in [6.45, 7) is 0. The lowest BCUT2D eigenvalue weighted by Crippen LogP contribution is -1.95. The molecule has 0 aromatic heterocycles. The van der Waals surface area contributed by atoms with Crippen LogP contribution in [0.15, 0.2) is 42.5 Å². The highest BCUT2D eigenvalue weighted by molar-refractivity contribution is 5.62. The molecular formula is C12H8F2N2O2. The molecule has 0 radical (unpaired) electrons. The Kier molecular flexibility index (Phi) is 3.18. The molecule has 0 spiro atoms.